The lowest BCUT2D eigenvalue weighted by Crippen LogP contribution is -2.31. The van der Waals surface area contributed by atoms with E-state index in [9.17, 15) is 0 Å². The number of hydrogen-bond donors (Lipinski definition) is 1. The lowest BCUT2D eigenvalue weighted by molar-refractivity contribution is 0.306. The van der Waals surface area contributed by atoms with Crippen molar-refractivity contribution in [1.82, 2.24) is 5.32 Å². The van der Waals surface area contributed by atoms with Crippen LogP contribution >= 0.6 is 15.9 Å². The summed E-state index contributed by atoms with van der Waals surface area (Å²) in [7, 11) is 1.72. The number of rotatable bonds is 9. The summed E-state index contributed by atoms with van der Waals surface area (Å²) in [6, 6.07) is 12.5. The SMILES string of the molecule is CCCCOc1cccc(C2=NCCCN2)c1CCc1cc(Br)ccc1OC. The molecule has 0 saturated carbocycles. The molecule has 2 aromatic carbocycles. The van der Waals surface area contributed by atoms with Gasteiger partial charge in [-0.2, -0.15) is 0 Å². The van der Waals surface area contributed by atoms with Crippen molar-refractivity contribution >= 4 is 21.8 Å². The first-order chi connectivity index (χ1) is 13.7. The van der Waals surface area contributed by atoms with E-state index in [2.05, 4.69) is 52.4 Å². The molecule has 0 spiro atoms. The maximum Gasteiger partial charge on any atom is 0.128 e. The van der Waals surface area contributed by atoms with Crippen LogP contribution in [0.5, 0.6) is 11.5 Å². The van der Waals surface area contributed by atoms with Gasteiger partial charge in [0.25, 0.3) is 0 Å². The molecule has 150 valence electrons. The Morgan fingerprint density at radius 1 is 1.14 bits per heavy atom. The molecule has 0 amide bonds. The van der Waals surface area contributed by atoms with Crippen LogP contribution in [-0.4, -0.2) is 32.6 Å². The van der Waals surface area contributed by atoms with Crippen LogP contribution in [0, 0.1) is 0 Å². The second-order valence-electron chi connectivity index (χ2n) is 6.95. The largest absolute Gasteiger partial charge is 0.496 e. The number of nitrogens with zero attached hydrogens (tertiary/aromatic N) is 1. The van der Waals surface area contributed by atoms with E-state index in [-0.39, 0.29) is 0 Å². The molecule has 3 rings (SSSR count). The lowest BCUT2D eigenvalue weighted by Gasteiger charge is -2.20. The lowest BCUT2D eigenvalue weighted by atomic mass is 9.97. The van der Waals surface area contributed by atoms with Gasteiger partial charge in [-0.1, -0.05) is 41.4 Å². The van der Waals surface area contributed by atoms with Crippen molar-refractivity contribution < 1.29 is 9.47 Å². The highest BCUT2D eigenvalue weighted by Gasteiger charge is 2.17. The third-order valence-corrected chi connectivity index (χ3v) is 5.42. The molecule has 1 aliphatic rings. The van der Waals surface area contributed by atoms with Crippen molar-refractivity contribution in [1.29, 1.82) is 0 Å². The van der Waals surface area contributed by atoms with E-state index < -0.39 is 0 Å². The standard InChI is InChI=1S/C23H29BrN2O2/c1-3-4-15-28-22-8-5-7-20(23-25-13-6-14-26-23)19(22)11-9-17-16-18(24)10-12-21(17)27-2/h5,7-8,10,12,16H,3-4,6,9,11,13-15H2,1-2H3,(H,25,26). The summed E-state index contributed by atoms with van der Waals surface area (Å²) in [5.74, 6) is 2.88. The van der Waals surface area contributed by atoms with Gasteiger partial charge in [-0.15, -0.1) is 0 Å². The summed E-state index contributed by atoms with van der Waals surface area (Å²) in [6.45, 7) is 4.77. The summed E-state index contributed by atoms with van der Waals surface area (Å²) in [5.41, 5.74) is 3.56. The van der Waals surface area contributed by atoms with Gasteiger partial charge >= 0.3 is 0 Å². The monoisotopic (exact) mass is 444 g/mol. The van der Waals surface area contributed by atoms with Gasteiger partial charge in [-0.05, 0) is 55.5 Å². The number of ether oxygens (including phenoxy) is 2. The second kappa shape index (κ2) is 10.5. The normalized spacial score (nSPS) is 13.6. The molecule has 1 N–H and O–H groups in total. The molecule has 0 saturated heterocycles. The Hall–Kier alpha value is -2.01. The third-order valence-electron chi connectivity index (χ3n) is 4.93. The van der Waals surface area contributed by atoms with Crippen molar-refractivity contribution in [3.63, 3.8) is 0 Å². The average Bonchev–Trinajstić information content (AvgIpc) is 2.73. The fourth-order valence-electron chi connectivity index (χ4n) is 3.42. The Morgan fingerprint density at radius 3 is 2.79 bits per heavy atom. The van der Waals surface area contributed by atoms with Gasteiger partial charge in [0.05, 0.1) is 13.7 Å². The average molecular weight is 445 g/mol. The van der Waals surface area contributed by atoms with Crippen LogP contribution in [0.1, 0.15) is 42.9 Å². The maximum absolute atomic E-state index is 6.15. The van der Waals surface area contributed by atoms with E-state index in [1.807, 2.05) is 12.1 Å². The highest BCUT2D eigenvalue weighted by atomic mass is 79.9. The number of aliphatic imine (C=N–C) groups is 1. The van der Waals surface area contributed by atoms with Crippen molar-refractivity contribution in [3.05, 3.63) is 57.6 Å². The topological polar surface area (TPSA) is 42.8 Å². The Labute approximate surface area is 176 Å². The predicted octanol–water partition coefficient (Wildman–Crippen LogP) is 5.16. The van der Waals surface area contributed by atoms with Crippen molar-refractivity contribution in [2.24, 2.45) is 4.99 Å². The first kappa shape index (κ1) is 20.7. The van der Waals surface area contributed by atoms with Crippen LogP contribution in [0.3, 0.4) is 0 Å². The third kappa shape index (κ3) is 5.28. The highest BCUT2D eigenvalue weighted by Crippen LogP contribution is 2.29. The van der Waals surface area contributed by atoms with E-state index in [0.29, 0.717) is 0 Å². The number of unbranched alkanes of at least 4 members (excludes halogenated alkanes) is 1. The number of halogens is 1. The smallest absolute Gasteiger partial charge is 0.128 e. The number of nitrogens with one attached hydrogen (secondary N) is 1. The summed E-state index contributed by atoms with van der Waals surface area (Å²) in [5, 5.41) is 3.46. The molecular formula is C23H29BrN2O2. The molecule has 28 heavy (non-hydrogen) atoms. The molecular weight excluding hydrogens is 416 g/mol. The minimum Gasteiger partial charge on any atom is -0.496 e. The Morgan fingerprint density at radius 2 is 2.04 bits per heavy atom. The van der Waals surface area contributed by atoms with Crippen LogP contribution in [0.15, 0.2) is 45.9 Å². The molecule has 2 aromatic rings. The van der Waals surface area contributed by atoms with Gasteiger partial charge in [-0.3, -0.25) is 4.99 Å². The van der Waals surface area contributed by atoms with Gasteiger partial charge < -0.3 is 14.8 Å². The van der Waals surface area contributed by atoms with E-state index in [1.54, 1.807) is 7.11 Å². The number of benzene rings is 2. The molecule has 4 nitrogen and oxygen atoms in total. The zero-order chi connectivity index (χ0) is 19.8. The fraction of sp³-hybridized carbons (Fsp3) is 0.435. The van der Waals surface area contributed by atoms with Crippen LogP contribution in [-0.2, 0) is 12.8 Å². The van der Waals surface area contributed by atoms with Crippen LogP contribution in [0.4, 0.5) is 0 Å². The van der Waals surface area contributed by atoms with E-state index in [4.69, 9.17) is 14.5 Å². The molecule has 0 fully saturated rings. The van der Waals surface area contributed by atoms with Crippen molar-refractivity contribution in [2.45, 2.75) is 39.0 Å². The number of hydrogen-bond acceptors (Lipinski definition) is 4. The summed E-state index contributed by atoms with van der Waals surface area (Å²) >= 11 is 3.58. The Kier molecular flexibility index (Phi) is 7.78. The Bertz CT molecular complexity index is 820. The molecule has 0 bridgehead atoms. The molecule has 0 aliphatic carbocycles. The van der Waals surface area contributed by atoms with Crippen LogP contribution in [0.25, 0.3) is 0 Å². The molecule has 0 unspecified atom stereocenters. The van der Waals surface area contributed by atoms with Gasteiger partial charge in [0, 0.05) is 28.7 Å². The second-order valence-corrected chi connectivity index (χ2v) is 7.87. The van der Waals surface area contributed by atoms with Crippen LogP contribution in [0.2, 0.25) is 0 Å². The van der Waals surface area contributed by atoms with E-state index >= 15 is 0 Å². The predicted molar refractivity (Wildman–Crippen MR) is 119 cm³/mol. The number of methoxy groups -OCH3 is 1. The van der Waals surface area contributed by atoms with E-state index in [0.717, 1.165) is 79.2 Å². The molecule has 1 heterocycles. The zero-order valence-electron chi connectivity index (χ0n) is 16.8. The van der Waals surface area contributed by atoms with E-state index in [1.165, 1.54) is 11.1 Å². The minimum atomic E-state index is 0.743. The van der Waals surface area contributed by atoms with Gasteiger partial charge in [0.2, 0.25) is 0 Å². The molecule has 5 heteroatoms. The minimum absolute atomic E-state index is 0.743. The van der Waals surface area contributed by atoms with Gasteiger partial charge in [-0.25, -0.2) is 0 Å². The molecule has 0 atom stereocenters. The first-order valence-electron chi connectivity index (χ1n) is 10.1. The maximum atomic E-state index is 6.15. The molecule has 0 aromatic heterocycles. The number of amidine groups is 1. The van der Waals surface area contributed by atoms with Gasteiger partial charge in [0.15, 0.2) is 0 Å². The van der Waals surface area contributed by atoms with Gasteiger partial charge in [0.1, 0.15) is 17.3 Å². The quantitative estimate of drug-likeness (QED) is 0.542. The zero-order valence-corrected chi connectivity index (χ0v) is 18.3. The Balaban J connectivity index is 1.90. The van der Waals surface area contributed by atoms with Crippen molar-refractivity contribution in [2.75, 3.05) is 26.8 Å². The summed E-state index contributed by atoms with van der Waals surface area (Å²) < 4.78 is 12.8. The van der Waals surface area contributed by atoms with Crippen molar-refractivity contribution in [3.8, 4) is 11.5 Å². The summed E-state index contributed by atoms with van der Waals surface area (Å²) in [4.78, 5) is 4.72. The summed E-state index contributed by atoms with van der Waals surface area (Å²) in [6.07, 6.45) is 5.00. The highest BCUT2D eigenvalue weighted by molar-refractivity contribution is 9.10. The fourth-order valence-corrected chi connectivity index (χ4v) is 3.83. The first-order valence-corrected chi connectivity index (χ1v) is 10.9. The number of aryl methyl sites for hydroxylation is 1. The van der Waals surface area contributed by atoms with Crippen LogP contribution < -0.4 is 14.8 Å². The molecule has 1 aliphatic heterocycles. The molecule has 0 radical (unpaired) electrons.